The van der Waals surface area contributed by atoms with Crippen molar-refractivity contribution in [1.82, 2.24) is 15.1 Å². The molecule has 1 aromatic heterocycles. The minimum Gasteiger partial charge on any atom is -0.367 e. The highest BCUT2D eigenvalue weighted by molar-refractivity contribution is 7.84. The summed E-state index contributed by atoms with van der Waals surface area (Å²) in [5.74, 6) is 0.389. The highest BCUT2D eigenvalue weighted by atomic mass is 32.2. The lowest BCUT2D eigenvalue weighted by Crippen LogP contribution is -2.24. The fourth-order valence-corrected chi connectivity index (χ4v) is 1.45. The van der Waals surface area contributed by atoms with Crippen LogP contribution < -0.4 is 5.32 Å². The van der Waals surface area contributed by atoms with Crippen molar-refractivity contribution in [3.63, 3.8) is 0 Å². The van der Waals surface area contributed by atoms with Crippen LogP contribution in [-0.4, -0.2) is 57.4 Å². The lowest BCUT2D eigenvalue weighted by atomic mass is 10.3. The molecule has 100 valence electrons. The number of hydrogen-bond donors (Lipinski definition) is 1. The number of carbonyl (C=O) groups excluding carboxylic acids is 1. The maximum atomic E-state index is 11.6. The fraction of sp³-hybridized carbons (Fsp3) is 0.545. The Morgan fingerprint density at radius 1 is 1.44 bits per heavy atom. The quantitative estimate of drug-likeness (QED) is 0.836. The SMILES string of the molecule is CC(CNc1ccc(C(=O)N(C)C)nn1)S(C)=O. The van der Waals surface area contributed by atoms with Crippen molar-refractivity contribution in [1.29, 1.82) is 0 Å². The van der Waals surface area contributed by atoms with Gasteiger partial charge in [-0.1, -0.05) is 0 Å². The van der Waals surface area contributed by atoms with Crippen LogP contribution in [0.15, 0.2) is 12.1 Å². The molecular formula is C11H18N4O2S. The van der Waals surface area contributed by atoms with Crippen LogP contribution in [0.25, 0.3) is 0 Å². The molecule has 18 heavy (non-hydrogen) atoms. The van der Waals surface area contributed by atoms with Crippen LogP contribution in [0.4, 0.5) is 5.82 Å². The lowest BCUT2D eigenvalue weighted by Gasteiger charge is -2.11. The average Bonchev–Trinajstić information content (AvgIpc) is 2.35. The standard InChI is InChI=1S/C11H18N4O2S/c1-8(18(4)17)7-12-10-6-5-9(13-14-10)11(16)15(2)3/h5-6,8H,7H2,1-4H3,(H,12,14). The van der Waals surface area contributed by atoms with Gasteiger partial charge in [0.15, 0.2) is 5.69 Å². The van der Waals surface area contributed by atoms with Gasteiger partial charge >= 0.3 is 0 Å². The molecule has 0 aromatic carbocycles. The second-order valence-corrected chi connectivity index (χ2v) is 6.00. The van der Waals surface area contributed by atoms with Gasteiger partial charge in [0.05, 0.1) is 0 Å². The second-order valence-electron chi connectivity index (χ2n) is 4.19. The maximum absolute atomic E-state index is 11.6. The van der Waals surface area contributed by atoms with Crippen molar-refractivity contribution in [2.75, 3.05) is 32.2 Å². The van der Waals surface area contributed by atoms with Gasteiger partial charge in [-0.25, -0.2) is 0 Å². The van der Waals surface area contributed by atoms with Gasteiger partial charge in [-0.05, 0) is 19.1 Å². The molecule has 0 radical (unpaired) electrons. The summed E-state index contributed by atoms with van der Waals surface area (Å²) < 4.78 is 11.2. The van der Waals surface area contributed by atoms with E-state index in [1.807, 2.05) is 6.92 Å². The van der Waals surface area contributed by atoms with Gasteiger partial charge in [-0.2, -0.15) is 0 Å². The molecule has 1 rings (SSSR count). The Morgan fingerprint density at radius 3 is 2.56 bits per heavy atom. The fourth-order valence-electron chi connectivity index (χ4n) is 1.14. The molecule has 6 nitrogen and oxygen atoms in total. The molecule has 0 saturated heterocycles. The number of hydrogen-bond acceptors (Lipinski definition) is 5. The largest absolute Gasteiger partial charge is 0.367 e. The van der Waals surface area contributed by atoms with Crippen LogP contribution in [0.2, 0.25) is 0 Å². The Kier molecular flexibility index (Phi) is 5.21. The molecule has 0 fully saturated rings. The lowest BCUT2D eigenvalue weighted by molar-refractivity contribution is 0.0821. The summed E-state index contributed by atoms with van der Waals surface area (Å²) >= 11 is 0. The monoisotopic (exact) mass is 270 g/mol. The van der Waals surface area contributed by atoms with E-state index >= 15 is 0 Å². The molecule has 0 spiro atoms. The number of carbonyl (C=O) groups is 1. The first kappa shape index (κ1) is 14.6. The number of aromatic nitrogens is 2. The third-order valence-electron chi connectivity index (χ3n) is 2.43. The second kappa shape index (κ2) is 6.44. The van der Waals surface area contributed by atoms with Gasteiger partial charge in [0.25, 0.3) is 5.91 Å². The zero-order valence-corrected chi connectivity index (χ0v) is 11.8. The van der Waals surface area contributed by atoms with E-state index in [0.717, 1.165) is 0 Å². The van der Waals surface area contributed by atoms with E-state index in [2.05, 4.69) is 15.5 Å². The van der Waals surface area contributed by atoms with Gasteiger partial charge < -0.3 is 10.2 Å². The molecule has 1 heterocycles. The van der Waals surface area contributed by atoms with E-state index in [1.54, 1.807) is 32.5 Å². The third kappa shape index (κ3) is 4.06. The summed E-state index contributed by atoms with van der Waals surface area (Å²) in [6.07, 6.45) is 1.66. The van der Waals surface area contributed by atoms with Gasteiger partial charge in [0.2, 0.25) is 0 Å². The van der Waals surface area contributed by atoms with Crippen molar-refractivity contribution >= 4 is 22.5 Å². The van der Waals surface area contributed by atoms with Gasteiger partial charge in [0, 0.05) is 42.9 Å². The molecule has 0 aliphatic heterocycles. The summed E-state index contributed by atoms with van der Waals surface area (Å²) in [5.41, 5.74) is 0.303. The maximum Gasteiger partial charge on any atom is 0.273 e. The molecular weight excluding hydrogens is 252 g/mol. The topological polar surface area (TPSA) is 75.2 Å². The predicted molar refractivity (Wildman–Crippen MR) is 72.1 cm³/mol. The molecule has 0 bridgehead atoms. The van der Waals surface area contributed by atoms with Crippen LogP contribution in [0.3, 0.4) is 0 Å². The normalized spacial score (nSPS) is 13.8. The molecule has 0 aliphatic carbocycles. The van der Waals surface area contributed by atoms with E-state index < -0.39 is 10.8 Å². The van der Waals surface area contributed by atoms with Crippen molar-refractivity contribution in [2.45, 2.75) is 12.2 Å². The van der Waals surface area contributed by atoms with E-state index in [0.29, 0.717) is 18.1 Å². The number of anilines is 1. The van der Waals surface area contributed by atoms with Gasteiger partial charge in [0.1, 0.15) is 5.82 Å². The van der Waals surface area contributed by atoms with Crippen molar-refractivity contribution < 1.29 is 9.00 Å². The average molecular weight is 270 g/mol. The Morgan fingerprint density at radius 2 is 2.11 bits per heavy atom. The first-order chi connectivity index (χ1) is 8.41. The summed E-state index contributed by atoms with van der Waals surface area (Å²) in [6, 6.07) is 3.31. The number of nitrogens with one attached hydrogen (secondary N) is 1. The Bertz CT molecular complexity index is 433. The Labute approximate surface area is 109 Å². The zero-order valence-electron chi connectivity index (χ0n) is 11.0. The van der Waals surface area contributed by atoms with Crippen LogP contribution in [0, 0.1) is 0 Å². The van der Waals surface area contributed by atoms with Crippen molar-refractivity contribution in [3.8, 4) is 0 Å². The smallest absolute Gasteiger partial charge is 0.273 e. The molecule has 0 saturated carbocycles. The third-order valence-corrected chi connectivity index (χ3v) is 3.73. The van der Waals surface area contributed by atoms with Crippen LogP contribution in [-0.2, 0) is 10.8 Å². The molecule has 0 aliphatic rings. The summed E-state index contributed by atoms with van der Waals surface area (Å²) in [4.78, 5) is 13.0. The summed E-state index contributed by atoms with van der Waals surface area (Å²) in [5, 5.41) is 10.8. The first-order valence-electron chi connectivity index (χ1n) is 5.53. The predicted octanol–water partition coefficient (Wildman–Crippen LogP) is 0.357. The van der Waals surface area contributed by atoms with Crippen LogP contribution in [0.1, 0.15) is 17.4 Å². The number of rotatable bonds is 5. The van der Waals surface area contributed by atoms with Crippen molar-refractivity contribution in [2.24, 2.45) is 0 Å². The molecule has 1 amide bonds. The molecule has 7 heteroatoms. The first-order valence-corrected chi connectivity index (χ1v) is 7.15. The van der Waals surface area contributed by atoms with E-state index in [9.17, 15) is 9.00 Å². The van der Waals surface area contributed by atoms with Crippen molar-refractivity contribution in [3.05, 3.63) is 17.8 Å². The van der Waals surface area contributed by atoms with Gasteiger partial charge in [-0.3, -0.25) is 9.00 Å². The number of amides is 1. The van der Waals surface area contributed by atoms with Crippen LogP contribution in [0.5, 0.6) is 0 Å². The highest BCUT2D eigenvalue weighted by Gasteiger charge is 2.10. The minimum atomic E-state index is -0.873. The van der Waals surface area contributed by atoms with Crippen LogP contribution >= 0.6 is 0 Å². The summed E-state index contributed by atoms with van der Waals surface area (Å²) in [6.45, 7) is 2.44. The Balaban J connectivity index is 2.61. The molecule has 2 unspecified atom stereocenters. The van der Waals surface area contributed by atoms with Gasteiger partial charge in [-0.15, -0.1) is 10.2 Å². The molecule has 1 aromatic rings. The number of nitrogens with zero attached hydrogens (tertiary/aromatic N) is 3. The summed E-state index contributed by atoms with van der Waals surface area (Å²) in [7, 11) is 2.45. The van der Waals surface area contributed by atoms with E-state index in [4.69, 9.17) is 0 Å². The molecule has 2 atom stereocenters. The van der Waals surface area contributed by atoms with E-state index in [1.165, 1.54) is 4.90 Å². The Hall–Kier alpha value is -1.50. The highest BCUT2D eigenvalue weighted by Crippen LogP contribution is 2.04. The minimum absolute atomic E-state index is 0.0369. The molecule has 1 N–H and O–H groups in total. The zero-order chi connectivity index (χ0) is 13.7. The van der Waals surface area contributed by atoms with E-state index in [-0.39, 0.29) is 11.2 Å².